The van der Waals surface area contributed by atoms with Crippen molar-refractivity contribution in [3.05, 3.63) is 35.4 Å². The van der Waals surface area contributed by atoms with Gasteiger partial charge in [-0.05, 0) is 29.5 Å². The maximum atomic E-state index is 11.5. The number of aliphatic hydroxyl groups excluding tert-OH is 1. The van der Waals surface area contributed by atoms with Crippen LogP contribution in [0.25, 0.3) is 0 Å². The van der Waals surface area contributed by atoms with Crippen molar-refractivity contribution in [1.82, 2.24) is 10.2 Å². The zero-order valence-corrected chi connectivity index (χ0v) is 13.6. The first-order chi connectivity index (χ1) is 9.85. The van der Waals surface area contributed by atoms with Crippen molar-refractivity contribution in [1.29, 1.82) is 0 Å². The average Bonchev–Trinajstić information content (AvgIpc) is 2.43. The predicted molar refractivity (Wildman–Crippen MR) is 86.3 cm³/mol. The van der Waals surface area contributed by atoms with E-state index in [4.69, 9.17) is 5.11 Å². The molecule has 0 aliphatic rings. The summed E-state index contributed by atoms with van der Waals surface area (Å²) in [4.78, 5) is 13.9. The summed E-state index contributed by atoms with van der Waals surface area (Å²) in [5.41, 5.74) is 2.08. The molecule has 21 heavy (non-hydrogen) atoms. The van der Waals surface area contributed by atoms with E-state index < -0.39 is 0 Å². The van der Waals surface area contributed by atoms with Crippen molar-refractivity contribution in [2.75, 3.05) is 26.7 Å². The van der Waals surface area contributed by atoms with Crippen molar-refractivity contribution in [3.63, 3.8) is 0 Å². The molecule has 0 spiro atoms. The van der Waals surface area contributed by atoms with Crippen molar-refractivity contribution in [2.45, 2.75) is 33.7 Å². The Hall–Kier alpha value is -1.39. The number of hydrogen-bond donors (Lipinski definition) is 2. The van der Waals surface area contributed by atoms with E-state index in [0.717, 1.165) is 26.1 Å². The Bertz CT molecular complexity index is 435. The molecule has 0 fully saturated rings. The first-order valence-electron chi connectivity index (χ1n) is 7.50. The van der Waals surface area contributed by atoms with Gasteiger partial charge in [-0.1, -0.05) is 32.9 Å². The summed E-state index contributed by atoms with van der Waals surface area (Å²) in [6, 6.07) is 7.71. The lowest BCUT2D eigenvalue weighted by Gasteiger charge is -2.30. The molecule has 1 rings (SSSR count). The molecule has 118 valence electrons. The summed E-state index contributed by atoms with van der Waals surface area (Å²) in [6.07, 6.45) is 0.784. The van der Waals surface area contributed by atoms with E-state index in [1.807, 2.05) is 24.3 Å². The molecule has 1 aromatic rings. The number of nitrogens with one attached hydrogen (secondary N) is 1. The standard InChI is InChI=1S/C17H28N2O2/c1-17(2,3)13-19(10-5-11-20)12-14-6-8-15(9-7-14)16(21)18-4/h6-9,20H,5,10-13H2,1-4H3,(H,18,21). The lowest BCUT2D eigenvalue weighted by atomic mass is 9.95. The third kappa shape index (κ3) is 6.74. The number of nitrogens with zero attached hydrogens (tertiary/aromatic N) is 1. The number of amides is 1. The van der Waals surface area contributed by atoms with E-state index in [1.165, 1.54) is 5.56 Å². The van der Waals surface area contributed by atoms with Crippen molar-refractivity contribution in [3.8, 4) is 0 Å². The molecule has 0 atom stereocenters. The van der Waals surface area contributed by atoms with E-state index in [-0.39, 0.29) is 17.9 Å². The summed E-state index contributed by atoms with van der Waals surface area (Å²) in [5.74, 6) is -0.0617. The highest BCUT2D eigenvalue weighted by Crippen LogP contribution is 2.17. The molecule has 0 aliphatic heterocycles. The van der Waals surface area contributed by atoms with Crippen molar-refractivity contribution < 1.29 is 9.90 Å². The quantitative estimate of drug-likeness (QED) is 0.810. The van der Waals surface area contributed by atoms with Gasteiger partial charge in [0.15, 0.2) is 0 Å². The molecule has 0 saturated heterocycles. The number of benzene rings is 1. The van der Waals surface area contributed by atoms with Gasteiger partial charge in [0.05, 0.1) is 0 Å². The smallest absolute Gasteiger partial charge is 0.251 e. The van der Waals surface area contributed by atoms with E-state index in [0.29, 0.717) is 5.56 Å². The second-order valence-corrected chi connectivity index (χ2v) is 6.62. The van der Waals surface area contributed by atoms with Crippen LogP contribution in [0.15, 0.2) is 24.3 Å². The van der Waals surface area contributed by atoms with Crippen LogP contribution in [-0.2, 0) is 6.54 Å². The van der Waals surface area contributed by atoms with Crippen LogP contribution in [0.3, 0.4) is 0 Å². The largest absolute Gasteiger partial charge is 0.396 e. The van der Waals surface area contributed by atoms with Gasteiger partial charge in [-0.15, -0.1) is 0 Å². The first-order valence-corrected chi connectivity index (χ1v) is 7.50. The zero-order valence-electron chi connectivity index (χ0n) is 13.6. The molecule has 0 unspecified atom stereocenters. The van der Waals surface area contributed by atoms with Crippen LogP contribution in [-0.4, -0.2) is 42.7 Å². The topological polar surface area (TPSA) is 52.6 Å². The van der Waals surface area contributed by atoms with Crippen molar-refractivity contribution >= 4 is 5.91 Å². The molecule has 0 radical (unpaired) electrons. The first kappa shape index (κ1) is 17.7. The Labute approximate surface area is 128 Å². The molecule has 0 heterocycles. The number of carbonyl (C=O) groups is 1. The number of rotatable bonds is 7. The Morgan fingerprint density at radius 1 is 1.24 bits per heavy atom. The van der Waals surface area contributed by atoms with Crippen molar-refractivity contribution in [2.24, 2.45) is 5.41 Å². The van der Waals surface area contributed by atoms with Crippen LogP contribution in [0.4, 0.5) is 0 Å². The van der Waals surface area contributed by atoms with Crippen LogP contribution in [0, 0.1) is 5.41 Å². The second-order valence-electron chi connectivity index (χ2n) is 6.62. The molecule has 0 aromatic heterocycles. The van der Waals surface area contributed by atoms with Gasteiger partial charge in [-0.3, -0.25) is 9.69 Å². The Kier molecular flexibility index (Phi) is 6.85. The normalized spacial score (nSPS) is 11.7. The Morgan fingerprint density at radius 3 is 2.33 bits per heavy atom. The molecule has 0 bridgehead atoms. The molecule has 4 nitrogen and oxygen atoms in total. The van der Waals surface area contributed by atoms with Gasteiger partial charge in [0.2, 0.25) is 0 Å². The van der Waals surface area contributed by atoms with Crippen LogP contribution in [0.1, 0.15) is 43.1 Å². The molecule has 4 heteroatoms. The van der Waals surface area contributed by atoms with E-state index in [2.05, 4.69) is 31.0 Å². The molecule has 0 saturated carbocycles. The summed E-state index contributed by atoms with van der Waals surface area (Å²) >= 11 is 0. The minimum atomic E-state index is -0.0617. The van der Waals surface area contributed by atoms with Crippen LogP contribution < -0.4 is 5.32 Å². The minimum absolute atomic E-state index is 0.0617. The van der Waals surface area contributed by atoms with E-state index >= 15 is 0 Å². The number of hydrogen-bond acceptors (Lipinski definition) is 3. The van der Waals surface area contributed by atoms with Gasteiger partial charge in [0.25, 0.3) is 5.91 Å². The highest BCUT2D eigenvalue weighted by Gasteiger charge is 2.16. The fourth-order valence-electron chi connectivity index (χ4n) is 2.34. The van der Waals surface area contributed by atoms with Gasteiger partial charge in [0.1, 0.15) is 0 Å². The summed E-state index contributed by atoms with van der Waals surface area (Å²) in [5, 5.41) is 11.7. The third-order valence-electron chi connectivity index (χ3n) is 3.18. The second kappa shape index (κ2) is 8.15. The lowest BCUT2D eigenvalue weighted by molar-refractivity contribution is 0.0963. The number of aliphatic hydroxyl groups is 1. The minimum Gasteiger partial charge on any atom is -0.396 e. The molecule has 1 aromatic carbocycles. The van der Waals surface area contributed by atoms with Crippen LogP contribution in [0.2, 0.25) is 0 Å². The summed E-state index contributed by atoms with van der Waals surface area (Å²) in [7, 11) is 1.64. The van der Waals surface area contributed by atoms with Crippen LogP contribution >= 0.6 is 0 Å². The monoisotopic (exact) mass is 292 g/mol. The fraction of sp³-hybridized carbons (Fsp3) is 0.588. The SMILES string of the molecule is CNC(=O)c1ccc(CN(CCCO)CC(C)(C)C)cc1. The number of carbonyl (C=O) groups excluding carboxylic acids is 1. The highest BCUT2D eigenvalue weighted by atomic mass is 16.3. The van der Waals surface area contributed by atoms with Gasteiger partial charge in [0, 0.05) is 38.9 Å². The average molecular weight is 292 g/mol. The molecule has 2 N–H and O–H groups in total. The maximum Gasteiger partial charge on any atom is 0.251 e. The van der Waals surface area contributed by atoms with E-state index in [1.54, 1.807) is 7.05 Å². The summed E-state index contributed by atoms with van der Waals surface area (Å²) in [6.45, 7) is 9.56. The third-order valence-corrected chi connectivity index (χ3v) is 3.18. The summed E-state index contributed by atoms with van der Waals surface area (Å²) < 4.78 is 0. The predicted octanol–water partition coefficient (Wildman–Crippen LogP) is 2.28. The molecule has 0 aliphatic carbocycles. The fourth-order valence-corrected chi connectivity index (χ4v) is 2.34. The Morgan fingerprint density at radius 2 is 1.86 bits per heavy atom. The molecular weight excluding hydrogens is 264 g/mol. The molecule has 1 amide bonds. The molecular formula is C17H28N2O2. The Balaban J connectivity index is 2.71. The highest BCUT2D eigenvalue weighted by molar-refractivity contribution is 5.93. The zero-order chi connectivity index (χ0) is 15.9. The van der Waals surface area contributed by atoms with Gasteiger partial charge >= 0.3 is 0 Å². The lowest BCUT2D eigenvalue weighted by Crippen LogP contribution is -2.33. The van der Waals surface area contributed by atoms with Gasteiger partial charge in [-0.25, -0.2) is 0 Å². The van der Waals surface area contributed by atoms with Gasteiger partial charge < -0.3 is 10.4 Å². The van der Waals surface area contributed by atoms with Crippen LogP contribution in [0.5, 0.6) is 0 Å². The van der Waals surface area contributed by atoms with E-state index in [9.17, 15) is 4.79 Å². The van der Waals surface area contributed by atoms with Gasteiger partial charge in [-0.2, -0.15) is 0 Å². The maximum absolute atomic E-state index is 11.5.